The minimum atomic E-state index is 0.0433. The van der Waals surface area contributed by atoms with Crippen LogP contribution in [0, 0.1) is 5.92 Å². The van der Waals surface area contributed by atoms with Gasteiger partial charge in [-0.25, -0.2) is 0 Å². The summed E-state index contributed by atoms with van der Waals surface area (Å²) in [5.41, 5.74) is 7.43. The monoisotopic (exact) mass is 324 g/mol. The van der Waals surface area contributed by atoms with Gasteiger partial charge in [0, 0.05) is 23.8 Å². The Bertz CT molecular complexity index is 735. The molecule has 1 aromatic heterocycles. The minimum absolute atomic E-state index is 0.0433. The summed E-state index contributed by atoms with van der Waals surface area (Å²) >= 11 is 0. The van der Waals surface area contributed by atoms with E-state index in [-0.39, 0.29) is 5.91 Å². The van der Waals surface area contributed by atoms with Crippen LogP contribution >= 0.6 is 0 Å². The van der Waals surface area contributed by atoms with Crippen LogP contribution in [-0.4, -0.2) is 23.4 Å². The van der Waals surface area contributed by atoms with Gasteiger partial charge in [0.1, 0.15) is 5.76 Å². The minimum Gasteiger partial charge on any atom is -0.451 e. The SMILES string of the molecule is Nc1cccc(-c2ccc(C(=O)N3CCC[C@@H]4CCCC[C@@H]43)o2)c1. The molecular weight excluding hydrogens is 300 g/mol. The fraction of sp³-hybridized carbons (Fsp3) is 0.450. The molecule has 24 heavy (non-hydrogen) atoms. The van der Waals surface area contributed by atoms with Crippen molar-refractivity contribution in [3.63, 3.8) is 0 Å². The van der Waals surface area contributed by atoms with Crippen molar-refractivity contribution in [3.8, 4) is 11.3 Å². The lowest BCUT2D eigenvalue weighted by Gasteiger charge is -2.43. The van der Waals surface area contributed by atoms with E-state index in [0.29, 0.717) is 29.2 Å². The molecule has 2 aliphatic rings. The molecule has 0 radical (unpaired) electrons. The van der Waals surface area contributed by atoms with E-state index in [1.165, 1.54) is 25.7 Å². The lowest BCUT2D eigenvalue weighted by molar-refractivity contribution is 0.0363. The zero-order valence-corrected chi connectivity index (χ0v) is 13.9. The smallest absolute Gasteiger partial charge is 0.289 e. The number of nitrogen functional groups attached to an aromatic ring is 1. The maximum absolute atomic E-state index is 13.0. The predicted molar refractivity (Wildman–Crippen MR) is 94.6 cm³/mol. The summed E-state index contributed by atoms with van der Waals surface area (Å²) in [4.78, 5) is 15.0. The molecule has 2 fully saturated rings. The highest BCUT2D eigenvalue weighted by molar-refractivity contribution is 5.92. The summed E-state index contributed by atoms with van der Waals surface area (Å²) in [6.07, 6.45) is 7.32. The maximum Gasteiger partial charge on any atom is 0.289 e. The van der Waals surface area contributed by atoms with E-state index in [0.717, 1.165) is 24.9 Å². The van der Waals surface area contributed by atoms with Crippen LogP contribution < -0.4 is 5.73 Å². The van der Waals surface area contributed by atoms with Crippen LogP contribution in [0.15, 0.2) is 40.8 Å². The largest absolute Gasteiger partial charge is 0.451 e. The Kier molecular flexibility index (Phi) is 4.05. The highest BCUT2D eigenvalue weighted by Crippen LogP contribution is 2.36. The Hall–Kier alpha value is -2.23. The van der Waals surface area contributed by atoms with Gasteiger partial charge in [-0.3, -0.25) is 4.79 Å². The fourth-order valence-corrected chi connectivity index (χ4v) is 4.32. The molecule has 1 saturated carbocycles. The van der Waals surface area contributed by atoms with E-state index in [2.05, 4.69) is 4.90 Å². The molecule has 4 nitrogen and oxygen atoms in total. The molecule has 1 aliphatic carbocycles. The first kappa shape index (κ1) is 15.3. The maximum atomic E-state index is 13.0. The summed E-state index contributed by atoms with van der Waals surface area (Å²) in [6, 6.07) is 11.6. The predicted octanol–water partition coefficient (Wildman–Crippen LogP) is 4.32. The third-order valence-corrected chi connectivity index (χ3v) is 5.49. The highest BCUT2D eigenvalue weighted by atomic mass is 16.4. The standard InChI is InChI=1S/C20H24N2O2/c21-16-8-3-6-15(13-16)18-10-11-19(24-18)20(23)22-12-4-7-14-5-1-2-9-17(14)22/h3,6,8,10-11,13-14,17H,1-2,4-5,7,9,12,21H2/t14-,17-/m0/s1. The number of fused-ring (bicyclic) bond motifs is 1. The van der Waals surface area contributed by atoms with E-state index in [1.807, 2.05) is 30.3 Å². The number of piperidine rings is 1. The molecule has 1 aromatic carbocycles. The van der Waals surface area contributed by atoms with Crippen LogP contribution in [0.1, 0.15) is 49.1 Å². The van der Waals surface area contributed by atoms with Gasteiger partial charge < -0.3 is 15.1 Å². The number of carbonyl (C=O) groups excluding carboxylic acids is 1. The summed E-state index contributed by atoms with van der Waals surface area (Å²) in [5.74, 6) is 1.86. The number of anilines is 1. The van der Waals surface area contributed by atoms with Crippen molar-refractivity contribution in [2.24, 2.45) is 5.92 Å². The van der Waals surface area contributed by atoms with Gasteiger partial charge in [-0.15, -0.1) is 0 Å². The number of hydrogen-bond donors (Lipinski definition) is 1. The van der Waals surface area contributed by atoms with Crippen molar-refractivity contribution in [1.29, 1.82) is 0 Å². The molecule has 1 saturated heterocycles. The van der Waals surface area contributed by atoms with Gasteiger partial charge in [0.25, 0.3) is 5.91 Å². The van der Waals surface area contributed by atoms with Crippen molar-refractivity contribution < 1.29 is 9.21 Å². The van der Waals surface area contributed by atoms with Crippen molar-refractivity contribution in [3.05, 3.63) is 42.2 Å². The highest BCUT2D eigenvalue weighted by Gasteiger charge is 2.36. The van der Waals surface area contributed by atoms with Crippen LogP contribution in [0.4, 0.5) is 5.69 Å². The van der Waals surface area contributed by atoms with Gasteiger partial charge in [0.2, 0.25) is 0 Å². The number of hydrogen-bond acceptors (Lipinski definition) is 3. The number of amides is 1. The van der Waals surface area contributed by atoms with Gasteiger partial charge in [-0.05, 0) is 55.9 Å². The van der Waals surface area contributed by atoms with Gasteiger partial charge in [-0.1, -0.05) is 25.0 Å². The van der Waals surface area contributed by atoms with E-state index in [4.69, 9.17) is 10.2 Å². The Morgan fingerprint density at radius 3 is 2.79 bits per heavy atom. The van der Waals surface area contributed by atoms with E-state index in [9.17, 15) is 4.79 Å². The van der Waals surface area contributed by atoms with Crippen molar-refractivity contribution in [2.75, 3.05) is 12.3 Å². The first-order valence-electron chi connectivity index (χ1n) is 8.99. The summed E-state index contributed by atoms with van der Waals surface area (Å²) in [6.45, 7) is 0.855. The van der Waals surface area contributed by atoms with Crippen molar-refractivity contribution in [1.82, 2.24) is 4.90 Å². The summed E-state index contributed by atoms with van der Waals surface area (Å²) in [7, 11) is 0. The lowest BCUT2D eigenvalue weighted by atomic mass is 9.78. The average Bonchev–Trinajstić information content (AvgIpc) is 3.11. The third kappa shape index (κ3) is 2.81. The molecule has 126 valence electrons. The number of likely N-dealkylation sites (tertiary alicyclic amines) is 1. The Labute approximate surface area is 142 Å². The second-order valence-corrected chi connectivity index (χ2v) is 7.04. The summed E-state index contributed by atoms with van der Waals surface area (Å²) in [5, 5.41) is 0. The second kappa shape index (κ2) is 6.34. The van der Waals surface area contributed by atoms with Gasteiger partial charge in [0.15, 0.2) is 5.76 Å². The quantitative estimate of drug-likeness (QED) is 0.837. The number of nitrogens with zero attached hydrogens (tertiary/aromatic N) is 1. The number of nitrogens with two attached hydrogens (primary N) is 1. The van der Waals surface area contributed by atoms with Crippen LogP contribution in [0.2, 0.25) is 0 Å². The number of furan rings is 1. The van der Waals surface area contributed by atoms with E-state index < -0.39 is 0 Å². The zero-order chi connectivity index (χ0) is 16.5. The Balaban J connectivity index is 1.56. The van der Waals surface area contributed by atoms with Crippen LogP contribution in [0.3, 0.4) is 0 Å². The third-order valence-electron chi connectivity index (χ3n) is 5.49. The van der Waals surface area contributed by atoms with E-state index in [1.54, 1.807) is 6.07 Å². The molecule has 2 atom stereocenters. The molecule has 0 unspecified atom stereocenters. The van der Waals surface area contributed by atoms with E-state index >= 15 is 0 Å². The van der Waals surface area contributed by atoms with Crippen LogP contribution in [0.25, 0.3) is 11.3 Å². The number of carbonyl (C=O) groups is 1. The first-order valence-corrected chi connectivity index (χ1v) is 8.99. The molecule has 0 bridgehead atoms. The summed E-state index contributed by atoms with van der Waals surface area (Å²) < 4.78 is 5.87. The number of benzene rings is 1. The topological polar surface area (TPSA) is 59.5 Å². The average molecular weight is 324 g/mol. The molecule has 4 heteroatoms. The molecule has 1 aliphatic heterocycles. The zero-order valence-electron chi connectivity index (χ0n) is 13.9. The fourth-order valence-electron chi connectivity index (χ4n) is 4.32. The van der Waals surface area contributed by atoms with Gasteiger partial charge >= 0.3 is 0 Å². The first-order chi connectivity index (χ1) is 11.7. The molecule has 1 amide bonds. The normalized spacial score (nSPS) is 23.8. The van der Waals surface area contributed by atoms with Crippen LogP contribution in [0.5, 0.6) is 0 Å². The molecule has 4 rings (SSSR count). The molecule has 2 heterocycles. The lowest BCUT2D eigenvalue weighted by Crippen LogP contribution is -2.49. The van der Waals surface area contributed by atoms with Crippen molar-refractivity contribution >= 4 is 11.6 Å². The van der Waals surface area contributed by atoms with Crippen LogP contribution in [-0.2, 0) is 0 Å². The van der Waals surface area contributed by atoms with Gasteiger partial charge in [0.05, 0.1) is 0 Å². The number of rotatable bonds is 2. The second-order valence-electron chi connectivity index (χ2n) is 7.04. The molecule has 2 N–H and O–H groups in total. The van der Waals surface area contributed by atoms with Crippen molar-refractivity contribution in [2.45, 2.75) is 44.6 Å². The molecular formula is C20H24N2O2. The Morgan fingerprint density at radius 1 is 1.08 bits per heavy atom. The molecule has 2 aromatic rings. The molecule has 0 spiro atoms. The van der Waals surface area contributed by atoms with Gasteiger partial charge in [-0.2, -0.15) is 0 Å². The Morgan fingerprint density at radius 2 is 1.92 bits per heavy atom.